The van der Waals surface area contributed by atoms with Crippen LogP contribution in [0.4, 0.5) is 4.39 Å². The maximum absolute atomic E-state index is 12.5. The van der Waals surface area contributed by atoms with E-state index in [2.05, 4.69) is 4.98 Å². The summed E-state index contributed by atoms with van der Waals surface area (Å²) >= 11 is 0. The van der Waals surface area contributed by atoms with Crippen LogP contribution in [0, 0.1) is 5.95 Å². The number of halogens is 1. The lowest BCUT2D eigenvalue weighted by Crippen LogP contribution is -2.63. The second kappa shape index (κ2) is 3.83. The molecule has 0 aliphatic carbocycles. The van der Waals surface area contributed by atoms with E-state index in [9.17, 15) is 14.3 Å². The summed E-state index contributed by atoms with van der Waals surface area (Å²) in [6, 6.07) is 2.55. The van der Waals surface area contributed by atoms with Gasteiger partial charge in [-0.25, -0.2) is 4.98 Å². The average molecular weight is 224 g/mol. The van der Waals surface area contributed by atoms with Gasteiger partial charge in [0.05, 0.1) is 24.3 Å². The van der Waals surface area contributed by atoms with E-state index in [-0.39, 0.29) is 5.91 Å². The van der Waals surface area contributed by atoms with Gasteiger partial charge in [0.15, 0.2) is 0 Å². The molecule has 1 saturated heterocycles. The molecule has 1 aliphatic rings. The predicted molar refractivity (Wildman–Crippen MR) is 55.3 cm³/mol. The highest BCUT2D eigenvalue weighted by Crippen LogP contribution is 2.25. The summed E-state index contributed by atoms with van der Waals surface area (Å²) in [4.78, 5) is 16.7. The first-order chi connectivity index (χ1) is 7.54. The van der Waals surface area contributed by atoms with Crippen molar-refractivity contribution >= 4 is 5.91 Å². The Kier molecular flexibility index (Phi) is 2.63. The van der Waals surface area contributed by atoms with Crippen LogP contribution in [0.2, 0.25) is 0 Å². The molecule has 1 fully saturated rings. The van der Waals surface area contributed by atoms with Gasteiger partial charge in [0.2, 0.25) is 5.95 Å². The highest BCUT2D eigenvalue weighted by molar-refractivity contribution is 5.94. The zero-order valence-electron chi connectivity index (χ0n) is 8.98. The molecular weight excluding hydrogens is 211 g/mol. The van der Waals surface area contributed by atoms with Crippen molar-refractivity contribution in [2.24, 2.45) is 0 Å². The lowest BCUT2D eigenvalue weighted by atomic mass is 9.91. The normalized spacial score (nSPS) is 18.1. The fourth-order valence-electron chi connectivity index (χ4n) is 1.72. The molecule has 0 atom stereocenters. The maximum atomic E-state index is 12.5. The summed E-state index contributed by atoms with van der Waals surface area (Å²) in [6.45, 7) is 2.54. The van der Waals surface area contributed by atoms with Crippen molar-refractivity contribution in [2.45, 2.75) is 18.9 Å². The van der Waals surface area contributed by atoms with E-state index >= 15 is 0 Å². The number of carbonyl (C=O) groups excluding carboxylic acids is 1. The number of aliphatic hydroxyl groups is 1. The molecule has 0 saturated carbocycles. The number of rotatable bonds is 2. The van der Waals surface area contributed by atoms with Gasteiger partial charge in [-0.3, -0.25) is 4.79 Å². The van der Waals surface area contributed by atoms with Gasteiger partial charge in [-0.05, 0) is 18.6 Å². The van der Waals surface area contributed by atoms with Crippen LogP contribution < -0.4 is 0 Å². The van der Waals surface area contributed by atoms with E-state index < -0.39 is 11.5 Å². The summed E-state index contributed by atoms with van der Waals surface area (Å²) in [5, 5.41) is 9.76. The quantitative estimate of drug-likeness (QED) is 0.756. The van der Waals surface area contributed by atoms with Crippen molar-refractivity contribution in [1.29, 1.82) is 0 Å². The number of aromatic nitrogens is 1. The first-order valence-corrected chi connectivity index (χ1v) is 5.17. The second-order valence-electron chi connectivity index (χ2n) is 4.11. The van der Waals surface area contributed by atoms with E-state index in [0.29, 0.717) is 25.1 Å². The molecule has 2 rings (SSSR count). The molecule has 1 aliphatic heterocycles. The Hall–Kier alpha value is -1.49. The van der Waals surface area contributed by atoms with Gasteiger partial charge in [0, 0.05) is 6.20 Å². The number of likely N-dealkylation sites (tertiary alicyclic amines) is 1. The summed E-state index contributed by atoms with van der Waals surface area (Å²) < 4.78 is 12.5. The molecule has 16 heavy (non-hydrogen) atoms. The Morgan fingerprint density at radius 3 is 2.81 bits per heavy atom. The molecule has 0 aromatic carbocycles. The van der Waals surface area contributed by atoms with Crippen molar-refractivity contribution in [1.82, 2.24) is 9.88 Å². The smallest absolute Gasteiger partial charge is 0.255 e. The number of nitrogens with zero attached hydrogens (tertiary/aromatic N) is 2. The Morgan fingerprint density at radius 2 is 2.31 bits per heavy atom. The molecule has 4 nitrogen and oxygen atoms in total. The lowest BCUT2D eigenvalue weighted by molar-refractivity contribution is -0.0826. The van der Waals surface area contributed by atoms with Crippen LogP contribution in [0.3, 0.4) is 0 Å². The van der Waals surface area contributed by atoms with E-state index in [1.165, 1.54) is 17.2 Å². The fourth-order valence-corrected chi connectivity index (χ4v) is 1.72. The first kappa shape index (κ1) is 11.0. The first-order valence-electron chi connectivity index (χ1n) is 5.17. The Morgan fingerprint density at radius 1 is 1.62 bits per heavy atom. The monoisotopic (exact) mass is 224 g/mol. The van der Waals surface area contributed by atoms with Crippen LogP contribution in [-0.2, 0) is 0 Å². The standard InChI is InChI=1S/C11H13FN2O2/c1-2-11(16)6-14(7-11)10(15)8-3-4-9(12)13-5-8/h3-5,16H,2,6-7H2,1H3. The third-order valence-corrected chi connectivity index (χ3v) is 2.89. The molecule has 0 spiro atoms. The summed E-state index contributed by atoms with van der Waals surface area (Å²) in [5.74, 6) is -0.823. The molecule has 1 aromatic heterocycles. The highest BCUT2D eigenvalue weighted by Gasteiger charge is 2.42. The van der Waals surface area contributed by atoms with Crippen molar-refractivity contribution in [3.63, 3.8) is 0 Å². The van der Waals surface area contributed by atoms with Gasteiger partial charge in [-0.2, -0.15) is 4.39 Å². The van der Waals surface area contributed by atoms with Crippen LogP contribution in [0.5, 0.6) is 0 Å². The van der Waals surface area contributed by atoms with Crippen LogP contribution in [0.15, 0.2) is 18.3 Å². The molecule has 2 heterocycles. The number of hydrogen-bond acceptors (Lipinski definition) is 3. The van der Waals surface area contributed by atoms with Crippen LogP contribution in [0.1, 0.15) is 23.7 Å². The minimum absolute atomic E-state index is 0.217. The molecule has 1 amide bonds. The molecule has 0 unspecified atom stereocenters. The van der Waals surface area contributed by atoms with E-state index in [0.717, 1.165) is 6.07 Å². The van der Waals surface area contributed by atoms with Gasteiger partial charge in [0.25, 0.3) is 5.91 Å². The summed E-state index contributed by atoms with van der Waals surface area (Å²) in [7, 11) is 0. The number of β-amino-alcohol motifs (C(OH)–C–C–N with tert-alkyl or cyclic N) is 1. The van der Waals surface area contributed by atoms with E-state index in [1.807, 2.05) is 6.92 Å². The van der Waals surface area contributed by atoms with Gasteiger partial charge >= 0.3 is 0 Å². The zero-order chi connectivity index (χ0) is 11.8. The SMILES string of the molecule is CCC1(O)CN(C(=O)c2ccc(F)nc2)C1. The minimum atomic E-state index is -0.747. The van der Waals surface area contributed by atoms with Crippen molar-refractivity contribution in [3.8, 4) is 0 Å². The lowest BCUT2D eigenvalue weighted by Gasteiger charge is -2.46. The summed E-state index contributed by atoms with van der Waals surface area (Å²) in [5.41, 5.74) is -0.400. The Bertz CT molecular complexity index is 399. The predicted octanol–water partition coefficient (Wildman–Crippen LogP) is 0.818. The Labute approximate surface area is 92.7 Å². The highest BCUT2D eigenvalue weighted by atomic mass is 19.1. The van der Waals surface area contributed by atoms with Crippen LogP contribution in [-0.4, -0.2) is 39.6 Å². The zero-order valence-corrected chi connectivity index (χ0v) is 8.98. The molecule has 1 N–H and O–H groups in total. The van der Waals surface area contributed by atoms with Gasteiger partial charge in [-0.1, -0.05) is 6.92 Å². The summed E-state index contributed by atoms with van der Waals surface area (Å²) in [6.07, 6.45) is 1.83. The molecule has 1 aromatic rings. The third kappa shape index (κ3) is 1.90. The number of hydrogen-bond donors (Lipinski definition) is 1. The maximum Gasteiger partial charge on any atom is 0.255 e. The van der Waals surface area contributed by atoms with Gasteiger partial charge in [0.1, 0.15) is 0 Å². The van der Waals surface area contributed by atoms with Crippen LogP contribution >= 0.6 is 0 Å². The number of pyridine rings is 1. The molecular formula is C11H13FN2O2. The van der Waals surface area contributed by atoms with Crippen LogP contribution in [0.25, 0.3) is 0 Å². The molecule has 5 heteroatoms. The number of carbonyl (C=O) groups is 1. The largest absolute Gasteiger partial charge is 0.386 e. The second-order valence-corrected chi connectivity index (χ2v) is 4.11. The van der Waals surface area contributed by atoms with E-state index in [4.69, 9.17) is 0 Å². The topological polar surface area (TPSA) is 53.4 Å². The van der Waals surface area contributed by atoms with Gasteiger partial charge < -0.3 is 10.0 Å². The van der Waals surface area contributed by atoms with Gasteiger partial charge in [-0.15, -0.1) is 0 Å². The fraction of sp³-hybridized carbons (Fsp3) is 0.455. The molecule has 86 valence electrons. The average Bonchev–Trinajstić information content (AvgIpc) is 2.25. The van der Waals surface area contributed by atoms with Crippen molar-refractivity contribution in [2.75, 3.05) is 13.1 Å². The van der Waals surface area contributed by atoms with E-state index in [1.54, 1.807) is 0 Å². The third-order valence-electron chi connectivity index (χ3n) is 2.89. The number of amides is 1. The molecule has 0 bridgehead atoms. The Balaban J connectivity index is 2.03. The van der Waals surface area contributed by atoms with Crippen molar-refractivity contribution < 1.29 is 14.3 Å². The minimum Gasteiger partial charge on any atom is -0.386 e. The molecule has 0 radical (unpaired) electrons. The van der Waals surface area contributed by atoms with Crippen molar-refractivity contribution in [3.05, 3.63) is 29.8 Å².